The third kappa shape index (κ3) is 1.17. The second-order valence-electron chi connectivity index (χ2n) is 1.65. The number of carbonyl (C=O) groups is 1. The highest BCUT2D eigenvalue weighted by molar-refractivity contribution is 7.78. The molecule has 0 aromatic heterocycles. The second kappa shape index (κ2) is 2.39. The van der Waals surface area contributed by atoms with Gasteiger partial charge in [0.1, 0.15) is 5.76 Å². The maximum atomic E-state index is 10.5. The lowest BCUT2D eigenvalue weighted by Crippen LogP contribution is -2.30. The summed E-state index contributed by atoms with van der Waals surface area (Å²) in [6.45, 7) is 1.45. The van der Waals surface area contributed by atoms with Crippen molar-refractivity contribution in [2.75, 3.05) is 0 Å². The van der Waals surface area contributed by atoms with Crippen LogP contribution in [0.1, 0.15) is 6.92 Å². The summed E-state index contributed by atoms with van der Waals surface area (Å²) in [4.78, 5) is 10.5. The number of hydrogen-bond donors (Lipinski definition) is 0. The van der Waals surface area contributed by atoms with Crippen LogP contribution in [0.3, 0.4) is 0 Å². The zero-order valence-corrected chi connectivity index (χ0v) is 5.88. The van der Waals surface area contributed by atoms with Gasteiger partial charge in [0.25, 0.3) is 5.91 Å². The molecule has 1 rings (SSSR count). The molecule has 0 radical (unpaired) electrons. The Morgan fingerprint density at radius 3 is 2.90 bits per heavy atom. The third-order valence-corrected chi connectivity index (χ3v) is 1.70. The Labute approximate surface area is 59.6 Å². The summed E-state index contributed by atoms with van der Waals surface area (Å²) in [5.74, 6) is -0.655. The van der Waals surface area contributed by atoms with Crippen LogP contribution in [-0.2, 0) is 20.2 Å². The van der Waals surface area contributed by atoms with Gasteiger partial charge in [0, 0.05) is 6.08 Å². The first kappa shape index (κ1) is 7.23. The van der Waals surface area contributed by atoms with E-state index in [0.29, 0.717) is 0 Å². The second-order valence-corrected chi connectivity index (χ2v) is 2.58. The monoisotopic (exact) mass is 162 g/mol. The molecular formula is C4H4NO4S-. The quantitative estimate of drug-likeness (QED) is 0.495. The minimum absolute atomic E-state index is 0.190. The van der Waals surface area contributed by atoms with E-state index in [1.165, 1.54) is 6.92 Å². The van der Waals surface area contributed by atoms with Crippen LogP contribution in [0.25, 0.3) is 0 Å². The Kier molecular flexibility index (Phi) is 1.73. The molecule has 0 bridgehead atoms. The van der Waals surface area contributed by atoms with Crippen molar-refractivity contribution < 1.29 is 13.2 Å². The van der Waals surface area contributed by atoms with Gasteiger partial charge in [-0.25, -0.2) is 0 Å². The SMILES string of the molecule is CC1=CC(=O)N([O-])S(=O)O1. The van der Waals surface area contributed by atoms with E-state index in [4.69, 9.17) is 0 Å². The molecule has 0 spiro atoms. The predicted octanol–water partition coefficient (Wildman–Crippen LogP) is -0.174. The van der Waals surface area contributed by atoms with Crippen molar-refractivity contribution in [3.8, 4) is 0 Å². The van der Waals surface area contributed by atoms with Crippen LogP contribution in [-0.4, -0.2) is 14.6 Å². The van der Waals surface area contributed by atoms with Gasteiger partial charge in [0.2, 0.25) is 0 Å². The Balaban J connectivity index is 2.89. The summed E-state index contributed by atoms with van der Waals surface area (Å²) in [5.41, 5.74) is 0. The largest absolute Gasteiger partial charge is 0.741 e. The van der Waals surface area contributed by atoms with Crippen LogP contribution in [0.2, 0.25) is 0 Å². The minimum atomic E-state index is -2.19. The topological polar surface area (TPSA) is 69.7 Å². The van der Waals surface area contributed by atoms with Crippen molar-refractivity contribution in [2.24, 2.45) is 0 Å². The van der Waals surface area contributed by atoms with Gasteiger partial charge in [-0.2, -0.15) is 4.21 Å². The van der Waals surface area contributed by atoms with Crippen molar-refractivity contribution >= 4 is 17.2 Å². The molecule has 1 aliphatic heterocycles. The number of amides is 1. The van der Waals surface area contributed by atoms with Crippen LogP contribution >= 0.6 is 0 Å². The summed E-state index contributed by atoms with van der Waals surface area (Å²) >= 11 is -2.19. The van der Waals surface area contributed by atoms with E-state index in [2.05, 4.69) is 4.18 Å². The highest BCUT2D eigenvalue weighted by Gasteiger charge is 2.16. The maximum Gasteiger partial charge on any atom is 0.310 e. The molecule has 5 nitrogen and oxygen atoms in total. The van der Waals surface area contributed by atoms with Crippen molar-refractivity contribution in [3.63, 3.8) is 0 Å². The van der Waals surface area contributed by atoms with E-state index in [1.54, 1.807) is 0 Å². The molecule has 1 aliphatic rings. The smallest absolute Gasteiger partial charge is 0.310 e. The minimum Gasteiger partial charge on any atom is -0.741 e. The van der Waals surface area contributed by atoms with E-state index < -0.39 is 17.2 Å². The average molecular weight is 162 g/mol. The van der Waals surface area contributed by atoms with Crippen LogP contribution < -0.4 is 0 Å². The number of hydroxylamine groups is 1. The van der Waals surface area contributed by atoms with Crippen molar-refractivity contribution in [1.82, 2.24) is 4.47 Å². The van der Waals surface area contributed by atoms with Gasteiger partial charge in [-0.3, -0.25) is 9.26 Å². The summed E-state index contributed by atoms with van der Waals surface area (Å²) in [6, 6.07) is 0. The molecule has 10 heavy (non-hydrogen) atoms. The fourth-order valence-electron chi connectivity index (χ4n) is 0.470. The Hall–Kier alpha value is -0.880. The summed E-state index contributed by atoms with van der Waals surface area (Å²) in [7, 11) is 0. The van der Waals surface area contributed by atoms with E-state index in [1.807, 2.05) is 0 Å². The van der Waals surface area contributed by atoms with Gasteiger partial charge in [0.05, 0.1) is 0 Å². The van der Waals surface area contributed by atoms with E-state index >= 15 is 0 Å². The zero-order valence-electron chi connectivity index (χ0n) is 5.07. The lowest BCUT2D eigenvalue weighted by Gasteiger charge is -2.27. The molecule has 1 atom stereocenters. The molecule has 0 fully saturated rings. The van der Waals surface area contributed by atoms with Crippen LogP contribution in [0.4, 0.5) is 0 Å². The molecule has 0 saturated carbocycles. The molecule has 6 heteroatoms. The lowest BCUT2D eigenvalue weighted by molar-refractivity contribution is -0.120. The molecule has 1 unspecified atom stereocenters. The van der Waals surface area contributed by atoms with Gasteiger partial charge >= 0.3 is 11.3 Å². The van der Waals surface area contributed by atoms with Gasteiger partial charge in [-0.15, -0.1) is 0 Å². The summed E-state index contributed by atoms with van der Waals surface area (Å²) in [5, 5.41) is 10.4. The average Bonchev–Trinajstić information content (AvgIpc) is 1.82. The van der Waals surface area contributed by atoms with Gasteiger partial charge in [-0.05, 0) is 6.92 Å². The van der Waals surface area contributed by atoms with Gasteiger partial charge in [0.15, 0.2) is 0 Å². The standard InChI is InChI=1S/C4H4NO4S/c1-3-2-4(6)5(7)10(8)9-3/h2H,1H3/q-1. The summed E-state index contributed by atoms with van der Waals surface area (Å²) in [6.07, 6.45) is 0.981. The van der Waals surface area contributed by atoms with Crippen molar-refractivity contribution in [2.45, 2.75) is 6.92 Å². The molecule has 0 aromatic carbocycles. The van der Waals surface area contributed by atoms with E-state index in [0.717, 1.165) is 6.08 Å². The zero-order chi connectivity index (χ0) is 7.72. The van der Waals surface area contributed by atoms with Crippen LogP contribution in [0.5, 0.6) is 0 Å². The Bertz CT molecular complexity index is 223. The number of hydrogen-bond acceptors (Lipinski definition) is 4. The Morgan fingerprint density at radius 1 is 1.80 bits per heavy atom. The third-order valence-electron chi connectivity index (χ3n) is 0.845. The molecule has 56 valence electrons. The first-order chi connectivity index (χ1) is 4.61. The fraction of sp³-hybridized carbons (Fsp3) is 0.250. The van der Waals surface area contributed by atoms with Crippen molar-refractivity contribution in [3.05, 3.63) is 17.0 Å². The molecule has 0 saturated heterocycles. The molecule has 1 amide bonds. The maximum absolute atomic E-state index is 10.5. The number of carbonyl (C=O) groups excluding carboxylic acids is 1. The van der Waals surface area contributed by atoms with Crippen LogP contribution in [0, 0.1) is 5.21 Å². The highest BCUT2D eigenvalue weighted by Crippen LogP contribution is 2.10. The molecule has 0 aliphatic carbocycles. The molecule has 0 aromatic rings. The van der Waals surface area contributed by atoms with Crippen molar-refractivity contribution in [1.29, 1.82) is 0 Å². The van der Waals surface area contributed by atoms with Gasteiger partial charge in [-0.1, -0.05) is 0 Å². The first-order valence-electron chi connectivity index (χ1n) is 2.41. The molecular weight excluding hydrogens is 158 g/mol. The van der Waals surface area contributed by atoms with E-state index in [9.17, 15) is 14.2 Å². The fourth-order valence-corrected chi connectivity index (χ4v) is 1.01. The predicted molar refractivity (Wildman–Crippen MR) is 33.2 cm³/mol. The lowest BCUT2D eigenvalue weighted by atomic mass is 10.5. The normalized spacial score (nSPS) is 25.8. The van der Waals surface area contributed by atoms with Crippen LogP contribution in [0.15, 0.2) is 11.8 Å². The summed E-state index contributed by atoms with van der Waals surface area (Å²) < 4.78 is 14.6. The van der Waals surface area contributed by atoms with E-state index in [-0.39, 0.29) is 10.2 Å². The number of allylic oxidation sites excluding steroid dienone is 1. The molecule has 1 heterocycles. The van der Waals surface area contributed by atoms with Gasteiger partial charge < -0.3 is 9.39 Å². The number of nitrogens with zero attached hydrogens (tertiary/aromatic N) is 1. The highest BCUT2D eigenvalue weighted by atomic mass is 32.2. The number of rotatable bonds is 0. The Morgan fingerprint density at radius 2 is 2.40 bits per heavy atom. The molecule has 0 N–H and O–H groups in total. The first-order valence-corrected chi connectivity index (χ1v) is 3.44.